The number of hydrogen-bond donors (Lipinski definition) is 0. The topological polar surface area (TPSA) is 190 Å². The monoisotopic (exact) mass is 1120 g/mol. The van der Waals surface area contributed by atoms with Crippen LogP contribution in [0.4, 0.5) is 0 Å². The second-order valence-electron chi connectivity index (χ2n) is 21.9. The molecule has 0 spiro atoms. The van der Waals surface area contributed by atoms with Crippen LogP contribution >= 0.6 is 0 Å². The Morgan fingerprint density at radius 1 is 0.234 bits per heavy atom. The van der Waals surface area contributed by atoms with Gasteiger partial charge in [-0.1, -0.05) is 351 Å². The van der Waals surface area contributed by atoms with Crippen LogP contribution < -0.4 is 30.6 Å². The van der Waals surface area contributed by atoms with Crippen molar-refractivity contribution in [3.63, 3.8) is 0 Å². The molecular formula is C66H132Al2O9. The Hall–Kier alpha value is -0.645. The number of carbonyl (C=O) groups excluding carboxylic acids is 3. The Balaban J connectivity index is -0.000000134. The minimum atomic E-state index is -0.903. The Morgan fingerprint density at radius 3 is 0.403 bits per heavy atom. The van der Waals surface area contributed by atoms with E-state index in [0.717, 1.165) is 57.8 Å². The summed E-state index contributed by atoms with van der Waals surface area (Å²) in [6.07, 6.45) is 60.7. The number of hydrogen-bond acceptors (Lipinski definition) is 9. The standard InChI is InChI=1S/3C18H36O2.3C4H9O.2Al/c3*1-2-3-4-5-6-7-8-9-10-11-12-13-14-15-16-17-18(19)20;3*1-3-4(2)5;;/h3*2-17H2,1H3,(H,19,20);3*4H,3H2,1-2H3;;/q;;;3*-1;2*+3/p-3. The van der Waals surface area contributed by atoms with Crippen molar-refractivity contribution in [3.05, 3.63) is 0 Å². The van der Waals surface area contributed by atoms with E-state index in [9.17, 15) is 45.0 Å². The maximum absolute atomic E-state index is 10.2. The second-order valence-corrected chi connectivity index (χ2v) is 21.9. The molecule has 0 aromatic carbocycles. The quantitative estimate of drug-likeness (QED) is 0.0421. The van der Waals surface area contributed by atoms with E-state index in [-0.39, 0.29) is 72.3 Å². The van der Waals surface area contributed by atoms with E-state index in [1.807, 2.05) is 20.8 Å². The summed E-state index contributed by atoms with van der Waals surface area (Å²) in [6, 6.07) is 0. The predicted molar refractivity (Wildman–Crippen MR) is 324 cm³/mol. The van der Waals surface area contributed by atoms with E-state index >= 15 is 0 Å². The van der Waals surface area contributed by atoms with Crippen LogP contribution in [0.25, 0.3) is 0 Å². The van der Waals surface area contributed by atoms with Crippen molar-refractivity contribution >= 4 is 52.6 Å². The first-order chi connectivity index (χ1) is 36.1. The molecule has 0 N–H and O–H groups in total. The number of carbonyl (C=O) groups is 3. The molecular weight excluding hydrogens is 991 g/mol. The van der Waals surface area contributed by atoms with Gasteiger partial charge in [0.25, 0.3) is 0 Å². The van der Waals surface area contributed by atoms with Crippen molar-refractivity contribution in [1.82, 2.24) is 0 Å². The summed E-state index contributed by atoms with van der Waals surface area (Å²) in [7, 11) is 0. The Labute approximate surface area is 502 Å². The maximum atomic E-state index is 10.2. The first-order valence-corrected chi connectivity index (χ1v) is 32.7. The smallest absolute Gasteiger partial charge is 0.852 e. The van der Waals surface area contributed by atoms with Gasteiger partial charge in [-0.3, -0.25) is 0 Å². The van der Waals surface area contributed by atoms with Crippen LogP contribution in [0.15, 0.2) is 0 Å². The number of carboxylic acids is 3. The fourth-order valence-corrected chi connectivity index (χ4v) is 7.92. The Morgan fingerprint density at radius 2 is 0.325 bits per heavy atom. The molecule has 0 radical (unpaired) electrons. The zero-order chi connectivity index (χ0) is 57.5. The summed E-state index contributed by atoms with van der Waals surface area (Å²) >= 11 is 0. The number of rotatable bonds is 51. The summed E-state index contributed by atoms with van der Waals surface area (Å²) in [4.78, 5) is 30.7. The molecule has 0 heterocycles. The van der Waals surface area contributed by atoms with Crippen LogP contribution in [-0.4, -0.2) is 70.9 Å². The van der Waals surface area contributed by atoms with Crippen molar-refractivity contribution in [3.8, 4) is 0 Å². The van der Waals surface area contributed by atoms with Gasteiger partial charge in [-0.2, -0.15) is 0 Å². The zero-order valence-electron chi connectivity index (χ0n) is 53.1. The van der Waals surface area contributed by atoms with Crippen LogP contribution in [0.3, 0.4) is 0 Å². The van der Waals surface area contributed by atoms with Crippen LogP contribution in [0.2, 0.25) is 0 Å². The third-order valence-electron chi connectivity index (χ3n) is 13.7. The molecule has 0 aliphatic heterocycles. The summed E-state index contributed by atoms with van der Waals surface area (Å²) < 4.78 is 0. The van der Waals surface area contributed by atoms with Crippen molar-refractivity contribution in [2.45, 2.75) is 408 Å². The molecule has 0 aromatic rings. The van der Waals surface area contributed by atoms with Gasteiger partial charge in [0.15, 0.2) is 0 Å². The normalized spacial score (nSPS) is 11.4. The number of carboxylic acid groups (broad SMARTS) is 3. The van der Waals surface area contributed by atoms with E-state index in [2.05, 4.69) is 20.8 Å². The maximum Gasteiger partial charge on any atom is 3.00 e. The molecule has 0 aromatic heterocycles. The van der Waals surface area contributed by atoms with Crippen LogP contribution in [-0.2, 0) is 14.4 Å². The van der Waals surface area contributed by atoms with Crippen LogP contribution in [0.1, 0.15) is 390 Å². The van der Waals surface area contributed by atoms with Gasteiger partial charge >= 0.3 is 34.7 Å². The van der Waals surface area contributed by atoms with E-state index in [1.54, 1.807) is 20.8 Å². The zero-order valence-corrected chi connectivity index (χ0v) is 55.4. The molecule has 3 atom stereocenters. The first-order valence-electron chi connectivity index (χ1n) is 32.7. The van der Waals surface area contributed by atoms with Crippen LogP contribution in [0, 0.1) is 0 Å². The molecule has 9 nitrogen and oxygen atoms in total. The molecule has 11 heteroatoms. The fraction of sp³-hybridized carbons (Fsp3) is 0.955. The molecule has 0 bridgehead atoms. The van der Waals surface area contributed by atoms with E-state index in [4.69, 9.17) is 0 Å². The average Bonchev–Trinajstić information content (AvgIpc) is 3.38. The van der Waals surface area contributed by atoms with Crippen molar-refractivity contribution in [1.29, 1.82) is 0 Å². The van der Waals surface area contributed by atoms with Gasteiger partial charge in [-0.05, 0) is 38.5 Å². The van der Waals surface area contributed by atoms with Gasteiger partial charge in [0.1, 0.15) is 0 Å². The number of unbranched alkanes of at least 4 members (excludes halogenated alkanes) is 42. The second kappa shape index (κ2) is 89.2. The summed E-state index contributed by atoms with van der Waals surface area (Å²) in [5, 5.41) is 60.4. The van der Waals surface area contributed by atoms with Crippen molar-refractivity contribution in [2.75, 3.05) is 0 Å². The SMILES string of the molecule is CCC(C)[O-].CCC(C)[O-].CCC(C)[O-].CCCCCCCCCCCCCCCCCC(=O)[O-].CCCCCCCCCCCCCCCCCC(=O)[O-].CCCCCCCCCCCCCCCCCC(=O)[O-].[Al+3].[Al+3]. The van der Waals surface area contributed by atoms with Crippen LogP contribution in [0.5, 0.6) is 0 Å². The molecule has 0 saturated carbocycles. The predicted octanol–water partition coefficient (Wildman–Crippen LogP) is 14.7. The molecule has 0 fully saturated rings. The summed E-state index contributed by atoms with van der Waals surface area (Å²) in [5.41, 5.74) is 0. The van der Waals surface area contributed by atoms with Crippen molar-refractivity contribution < 1.29 is 45.0 Å². The third kappa shape index (κ3) is 128. The largest absolute Gasteiger partial charge is 3.00 e. The average molecular weight is 1120 g/mol. The van der Waals surface area contributed by atoms with E-state index in [1.165, 1.54) is 250 Å². The molecule has 0 aliphatic carbocycles. The minimum Gasteiger partial charge on any atom is -0.852 e. The third-order valence-corrected chi connectivity index (χ3v) is 13.7. The Kier molecular flexibility index (Phi) is 107. The molecule has 0 rings (SSSR count). The van der Waals surface area contributed by atoms with Gasteiger partial charge in [-0.25, -0.2) is 0 Å². The van der Waals surface area contributed by atoms with E-state index < -0.39 is 17.9 Å². The first kappa shape index (κ1) is 92.8. The molecule has 0 aliphatic rings. The molecule has 0 amide bonds. The molecule has 77 heavy (non-hydrogen) atoms. The minimum absolute atomic E-state index is 0. The van der Waals surface area contributed by atoms with Gasteiger partial charge < -0.3 is 45.0 Å². The van der Waals surface area contributed by atoms with Gasteiger partial charge in [0, 0.05) is 17.9 Å². The molecule has 0 saturated heterocycles. The van der Waals surface area contributed by atoms with Gasteiger partial charge in [-0.15, -0.1) is 18.3 Å². The fourth-order valence-electron chi connectivity index (χ4n) is 7.92. The molecule has 3 unspecified atom stereocenters. The van der Waals surface area contributed by atoms with Gasteiger partial charge in [0.05, 0.1) is 0 Å². The number of aliphatic carboxylic acids is 3. The summed E-state index contributed by atoms with van der Waals surface area (Å²) in [5.74, 6) is -2.71. The Bertz CT molecular complexity index is 892. The summed E-state index contributed by atoms with van der Waals surface area (Å²) in [6.45, 7) is 17.5. The van der Waals surface area contributed by atoms with Gasteiger partial charge in [0.2, 0.25) is 0 Å². The van der Waals surface area contributed by atoms with Crippen molar-refractivity contribution in [2.24, 2.45) is 0 Å². The van der Waals surface area contributed by atoms with E-state index in [0.29, 0.717) is 0 Å². The molecule has 456 valence electrons.